The number of rotatable bonds is 4. The molecule has 4 fully saturated rings. The van der Waals surface area contributed by atoms with Gasteiger partial charge < -0.3 is 5.11 Å². The summed E-state index contributed by atoms with van der Waals surface area (Å²) in [6, 6.07) is 40.1. The first-order chi connectivity index (χ1) is 20.7. The zero-order chi connectivity index (χ0) is 28.2. The Balaban J connectivity index is 1.22. The number of hydrogen-bond donors (Lipinski definition) is 5. The minimum absolute atomic E-state index is 0.0767. The van der Waals surface area contributed by atoms with Gasteiger partial charge in [0.2, 0.25) is 5.91 Å². The minimum atomic E-state index is -1.01. The molecule has 0 aliphatic carbocycles. The molecule has 0 saturated carbocycles. The van der Waals surface area contributed by atoms with Crippen LogP contribution in [0.2, 0.25) is 0 Å². The van der Waals surface area contributed by atoms with E-state index < -0.39 is 12.1 Å². The largest absolute Gasteiger partial charge is 0.370 e. The van der Waals surface area contributed by atoms with E-state index in [-0.39, 0.29) is 48.6 Å². The lowest BCUT2D eigenvalue weighted by Crippen LogP contribution is -2.66. The summed E-state index contributed by atoms with van der Waals surface area (Å²) in [5, 5.41) is 30.7. The summed E-state index contributed by atoms with van der Waals surface area (Å²) in [7, 11) is 0. The molecular weight excluding hydrogens is 524 g/mol. The molecule has 4 aliphatic rings. The molecule has 8 nitrogen and oxygen atoms in total. The molecule has 4 aliphatic heterocycles. The van der Waals surface area contributed by atoms with E-state index in [1.54, 1.807) is 5.01 Å². The van der Waals surface area contributed by atoms with Gasteiger partial charge in [-0.25, -0.2) is 5.01 Å². The van der Waals surface area contributed by atoms with Crippen molar-refractivity contribution in [2.24, 2.45) is 5.92 Å². The van der Waals surface area contributed by atoms with Gasteiger partial charge in [-0.2, -0.15) is 5.01 Å². The van der Waals surface area contributed by atoms with Gasteiger partial charge in [0.05, 0.1) is 42.5 Å². The maximum absolute atomic E-state index is 14.4. The van der Waals surface area contributed by atoms with Gasteiger partial charge in [-0.1, -0.05) is 121 Å². The number of hydrogen-bond acceptors (Lipinski definition) is 7. The van der Waals surface area contributed by atoms with E-state index in [2.05, 4.69) is 74.8 Å². The van der Waals surface area contributed by atoms with Gasteiger partial charge in [0.25, 0.3) is 0 Å². The molecule has 0 aromatic heterocycles. The summed E-state index contributed by atoms with van der Waals surface area (Å²) in [5.74, 6) is -0.502. The van der Waals surface area contributed by atoms with Crippen LogP contribution in [-0.2, 0) is 4.79 Å². The van der Waals surface area contributed by atoms with E-state index in [0.29, 0.717) is 0 Å². The van der Waals surface area contributed by atoms with Gasteiger partial charge in [-0.3, -0.25) is 26.1 Å². The third-order valence-electron chi connectivity index (χ3n) is 9.30. The van der Waals surface area contributed by atoms with Crippen molar-refractivity contribution in [2.45, 2.75) is 48.9 Å². The second-order valence-electron chi connectivity index (χ2n) is 11.6. The van der Waals surface area contributed by atoms with Crippen LogP contribution in [-0.4, -0.2) is 45.5 Å². The van der Waals surface area contributed by atoms with Crippen molar-refractivity contribution in [3.63, 3.8) is 0 Å². The molecule has 4 saturated heterocycles. The molecule has 42 heavy (non-hydrogen) atoms. The molecule has 4 aromatic rings. The molecule has 0 spiro atoms. The number of amides is 1. The number of aliphatic hydroxyl groups excluding tert-OH is 1. The van der Waals surface area contributed by atoms with Crippen molar-refractivity contribution in [1.82, 2.24) is 31.3 Å². The standard InChI is InChI=1S/C34H34N6O2/c41-33-25-26(21-13-5-1-6-14-21)35-31(24-19-11-4-12-20-24)38-32(25)39-29-27(22-15-7-2-8-16-22)36-30(23-17-9-3-10-18-23)37-28(29)34(42)40(33)39/h1-20,25-32,34-38,42H. The Morgan fingerprint density at radius 2 is 1.00 bits per heavy atom. The Morgan fingerprint density at radius 3 is 1.55 bits per heavy atom. The number of nitrogens with zero attached hydrogens (tertiary/aromatic N) is 2. The lowest BCUT2D eigenvalue weighted by Gasteiger charge is -2.47. The van der Waals surface area contributed by atoms with Crippen molar-refractivity contribution in [3.8, 4) is 0 Å². The monoisotopic (exact) mass is 558 g/mol. The first-order valence-electron chi connectivity index (χ1n) is 14.7. The molecule has 0 bridgehead atoms. The maximum atomic E-state index is 14.4. The average molecular weight is 559 g/mol. The van der Waals surface area contributed by atoms with E-state index >= 15 is 0 Å². The van der Waals surface area contributed by atoms with E-state index in [4.69, 9.17) is 0 Å². The number of carbonyl (C=O) groups excluding carboxylic acids is 1. The number of aliphatic hydroxyl groups is 1. The number of fused-ring (bicyclic) bond motifs is 5. The van der Waals surface area contributed by atoms with Gasteiger partial charge in [0.15, 0.2) is 6.23 Å². The predicted molar refractivity (Wildman–Crippen MR) is 159 cm³/mol. The zero-order valence-corrected chi connectivity index (χ0v) is 23.0. The van der Waals surface area contributed by atoms with Crippen molar-refractivity contribution in [1.29, 1.82) is 0 Å². The summed E-state index contributed by atoms with van der Waals surface area (Å²) in [5.41, 5.74) is 4.36. The summed E-state index contributed by atoms with van der Waals surface area (Å²) in [4.78, 5) is 14.4. The van der Waals surface area contributed by atoms with Crippen LogP contribution >= 0.6 is 0 Å². The summed E-state index contributed by atoms with van der Waals surface area (Å²) in [6.45, 7) is 0. The SMILES string of the molecule is O=C1C2C(c3ccccc3)NC(c3ccccc3)NC2N2C3C(c4ccccc4)NC(c4ccccc4)NC3C(O)N12. The highest BCUT2D eigenvalue weighted by molar-refractivity contribution is 5.83. The summed E-state index contributed by atoms with van der Waals surface area (Å²) < 4.78 is 0. The minimum Gasteiger partial charge on any atom is -0.370 e. The number of hydrazine groups is 1. The molecule has 1 amide bonds. The van der Waals surface area contributed by atoms with Gasteiger partial charge in [-0.05, 0) is 22.3 Å². The zero-order valence-electron chi connectivity index (χ0n) is 23.0. The van der Waals surface area contributed by atoms with Crippen LogP contribution in [0.5, 0.6) is 0 Å². The first kappa shape index (κ1) is 25.8. The predicted octanol–water partition coefficient (Wildman–Crippen LogP) is 3.32. The summed E-state index contributed by atoms with van der Waals surface area (Å²) >= 11 is 0. The van der Waals surface area contributed by atoms with Gasteiger partial charge in [0.1, 0.15) is 0 Å². The molecule has 212 valence electrons. The van der Waals surface area contributed by atoms with Crippen molar-refractivity contribution in [2.75, 3.05) is 0 Å². The van der Waals surface area contributed by atoms with E-state index in [1.165, 1.54) is 0 Å². The lowest BCUT2D eigenvalue weighted by atomic mass is 9.84. The van der Waals surface area contributed by atoms with Crippen LogP contribution in [0.25, 0.3) is 0 Å². The fourth-order valence-electron chi connectivity index (χ4n) is 7.45. The second kappa shape index (κ2) is 10.4. The first-order valence-corrected chi connectivity index (χ1v) is 14.7. The van der Waals surface area contributed by atoms with Crippen LogP contribution < -0.4 is 21.3 Å². The second-order valence-corrected chi connectivity index (χ2v) is 11.6. The third-order valence-corrected chi connectivity index (χ3v) is 9.30. The molecule has 8 rings (SSSR count). The molecule has 9 atom stereocenters. The normalized spacial score (nSPS) is 34.1. The smallest absolute Gasteiger partial charge is 0.247 e. The lowest BCUT2D eigenvalue weighted by molar-refractivity contribution is -0.152. The van der Waals surface area contributed by atoms with Gasteiger partial charge in [-0.15, -0.1) is 0 Å². The van der Waals surface area contributed by atoms with Crippen molar-refractivity contribution >= 4 is 5.91 Å². The topological polar surface area (TPSA) is 91.9 Å². The van der Waals surface area contributed by atoms with Gasteiger partial charge >= 0.3 is 0 Å². The van der Waals surface area contributed by atoms with Crippen LogP contribution in [0.1, 0.15) is 46.7 Å². The highest BCUT2D eigenvalue weighted by Gasteiger charge is 2.65. The Bertz CT molecular complexity index is 1540. The Morgan fingerprint density at radius 1 is 0.548 bits per heavy atom. The van der Waals surface area contributed by atoms with Crippen LogP contribution in [0.4, 0.5) is 0 Å². The van der Waals surface area contributed by atoms with Crippen LogP contribution in [0.15, 0.2) is 121 Å². The Labute approximate surface area is 245 Å². The number of carbonyl (C=O) groups is 1. The van der Waals surface area contributed by atoms with Crippen molar-refractivity contribution in [3.05, 3.63) is 144 Å². The quantitative estimate of drug-likeness (QED) is 0.263. The number of nitrogens with one attached hydrogen (secondary N) is 4. The summed E-state index contributed by atoms with van der Waals surface area (Å²) in [6.07, 6.45) is -1.71. The van der Waals surface area contributed by atoms with Crippen LogP contribution in [0.3, 0.4) is 0 Å². The number of benzene rings is 4. The van der Waals surface area contributed by atoms with E-state index in [9.17, 15) is 9.90 Å². The molecule has 8 heteroatoms. The van der Waals surface area contributed by atoms with Gasteiger partial charge in [0, 0.05) is 6.04 Å². The third kappa shape index (κ3) is 4.11. The highest BCUT2D eigenvalue weighted by atomic mass is 16.3. The van der Waals surface area contributed by atoms with Crippen molar-refractivity contribution < 1.29 is 9.90 Å². The van der Waals surface area contributed by atoms with Crippen LogP contribution in [0, 0.1) is 5.92 Å². The molecule has 4 aromatic carbocycles. The maximum Gasteiger partial charge on any atom is 0.247 e. The molecule has 0 radical (unpaired) electrons. The molecule has 4 heterocycles. The fourth-order valence-corrected chi connectivity index (χ4v) is 7.45. The molecule has 9 unspecified atom stereocenters. The fraction of sp³-hybridized carbons (Fsp3) is 0.265. The average Bonchev–Trinajstić information content (AvgIpc) is 3.53. The molecular formula is C34H34N6O2. The Kier molecular flexibility index (Phi) is 6.41. The molecule has 5 N–H and O–H groups in total. The Hall–Kier alpha value is -3.89. The van der Waals surface area contributed by atoms with E-state index in [0.717, 1.165) is 22.3 Å². The van der Waals surface area contributed by atoms with E-state index in [1.807, 2.05) is 72.8 Å². The highest BCUT2D eigenvalue weighted by Crippen LogP contribution is 2.48.